The van der Waals surface area contributed by atoms with Crippen molar-refractivity contribution >= 4 is 11.5 Å². The van der Waals surface area contributed by atoms with Gasteiger partial charge in [-0.2, -0.15) is 17.5 Å². The lowest BCUT2D eigenvalue weighted by atomic mass is 10.1. The summed E-state index contributed by atoms with van der Waals surface area (Å²) in [5.74, 6) is -5.15. The average Bonchev–Trinajstić information content (AvgIpc) is 2.98. The van der Waals surface area contributed by atoms with Crippen molar-refractivity contribution in [1.82, 2.24) is 4.37 Å². The molecule has 0 aliphatic carbocycles. The molecule has 0 aliphatic rings. The molecular weight excluding hydrogens is 399 g/mol. The fourth-order valence-corrected chi connectivity index (χ4v) is 3.08. The van der Waals surface area contributed by atoms with Gasteiger partial charge in [0.1, 0.15) is 23.1 Å². The van der Waals surface area contributed by atoms with Crippen molar-refractivity contribution in [2.45, 2.75) is 12.8 Å². The molecule has 2 aromatic carbocycles. The lowest BCUT2D eigenvalue weighted by molar-refractivity contribution is -0.135. The molecule has 0 amide bonds. The maximum atomic E-state index is 14.0. The smallest absolute Gasteiger partial charge is 0.427 e. The summed E-state index contributed by atoms with van der Waals surface area (Å²) in [5, 5.41) is 0. The number of hydrogen-bond acceptors (Lipinski definition) is 3. The molecule has 0 bridgehead atoms. The molecule has 10 heteroatoms. The second-order valence-electron chi connectivity index (χ2n) is 5.30. The van der Waals surface area contributed by atoms with Crippen molar-refractivity contribution < 1.29 is 35.5 Å². The number of nitrogens with zero attached hydrogens (tertiary/aromatic N) is 1. The van der Waals surface area contributed by atoms with Crippen LogP contribution in [-0.4, -0.2) is 4.37 Å². The molecule has 0 N–H and O–H groups in total. The highest BCUT2D eigenvalue weighted by Gasteiger charge is 2.38. The van der Waals surface area contributed by atoms with Crippen molar-refractivity contribution in [2.75, 3.05) is 0 Å². The van der Waals surface area contributed by atoms with Gasteiger partial charge in [-0.05, 0) is 35.8 Å². The van der Waals surface area contributed by atoms with E-state index in [0.717, 1.165) is 30.3 Å². The Morgan fingerprint density at radius 3 is 2.19 bits per heavy atom. The predicted molar refractivity (Wildman–Crippen MR) is 83.2 cm³/mol. The van der Waals surface area contributed by atoms with E-state index in [0.29, 0.717) is 6.07 Å². The second-order valence-corrected chi connectivity index (χ2v) is 6.07. The molecule has 27 heavy (non-hydrogen) atoms. The quantitative estimate of drug-likeness (QED) is 0.498. The van der Waals surface area contributed by atoms with Crippen LogP contribution in [0.25, 0.3) is 11.3 Å². The fourth-order valence-electron chi connectivity index (χ4n) is 2.32. The van der Waals surface area contributed by atoms with Crippen LogP contribution >= 0.6 is 11.5 Å². The Morgan fingerprint density at radius 1 is 0.926 bits per heavy atom. The summed E-state index contributed by atoms with van der Waals surface area (Å²) in [7, 11) is 0. The van der Waals surface area contributed by atoms with Crippen LogP contribution < -0.4 is 4.74 Å². The van der Waals surface area contributed by atoms with Gasteiger partial charge in [0.2, 0.25) is 0 Å². The molecule has 0 fully saturated rings. The fraction of sp³-hybridized carbons (Fsp3) is 0.118. The zero-order chi connectivity index (χ0) is 19.8. The Kier molecular flexibility index (Phi) is 5.09. The lowest BCUT2D eigenvalue weighted by Gasteiger charge is -2.12. The van der Waals surface area contributed by atoms with E-state index in [1.807, 2.05) is 0 Å². The van der Waals surface area contributed by atoms with Crippen molar-refractivity contribution in [1.29, 1.82) is 0 Å². The number of para-hydroxylation sites is 1. The minimum absolute atomic E-state index is 0.0315. The molecule has 0 saturated heterocycles. The van der Waals surface area contributed by atoms with Crippen molar-refractivity contribution in [3.63, 3.8) is 0 Å². The first kappa shape index (κ1) is 19.2. The summed E-state index contributed by atoms with van der Waals surface area (Å²) in [6.07, 6.45) is -4.85. The summed E-state index contributed by atoms with van der Waals surface area (Å²) < 4.78 is 103. The first-order chi connectivity index (χ1) is 12.7. The van der Waals surface area contributed by atoms with Crippen LogP contribution in [0.1, 0.15) is 10.4 Å². The van der Waals surface area contributed by atoms with E-state index in [1.165, 1.54) is 0 Å². The summed E-state index contributed by atoms with van der Waals surface area (Å²) in [5.41, 5.74) is -1.45. The SMILES string of the molecule is Fc1ccc(-c2nsc(C(F)(F)F)c2COc2c(F)cccc2F)c(F)c1. The first-order valence-electron chi connectivity index (χ1n) is 7.26. The third-order valence-corrected chi connectivity index (χ3v) is 4.45. The standard InChI is InChI=1S/C17H8F7NOS/c18-8-4-5-9(13(21)6-8)14-10(16(27-25-14)17(22,23)24)7-26-15-11(19)2-1-3-12(15)20/h1-6H,7H2. The molecule has 0 spiro atoms. The molecule has 0 radical (unpaired) electrons. The van der Waals surface area contributed by atoms with Gasteiger partial charge in [0.15, 0.2) is 17.4 Å². The van der Waals surface area contributed by atoms with Crippen LogP contribution in [0.15, 0.2) is 36.4 Å². The van der Waals surface area contributed by atoms with Gasteiger partial charge in [0.05, 0.1) is 5.69 Å². The molecule has 1 heterocycles. The molecule has 0 aliphatic heterocycles. The maximum absolute atomic E-state index is 14.0. The number of hydrogen-bond donors (Lipinski definition) is 0. The highest BCUT2D eigenvalue weighted by Crippen LogP contribution is 2.41. The maximum Gasteiger partial charge on any atom is 0.427 e. The van der Waals surface area contributed by atoms with Gasteiger partial charge >= 0.3 is 6.18 Å². The van der Waals surface area contributed by atoms with E-state index in [-0.39, 0.29) is 11.5 Å². The summed E-state index contributed by atoms with van der Waals surface area (Å²) in [6, 6.07) is 5.07. The van der Waals surface area contributed by atoms with Crippen LogP contribution in [0.4, 0.5) is 30.7 Å². The summed E-state index contributed by atoms with van der Waals surface area (Å²) in [6.45, 7) is -0.921. The molecule has 142 valence electrons. The number of aromatic nitrogens is 1. The second kappa shape index (κ2) is 7.18. The van der Waals surface area contributed by atoms with Crippen LogP contribution in [-0.2, 0) is 12.8 Å². The number of alkyl halides is 3. The molecule has 0 unspecified atom stereocenters. The molecule has 0 atom stereocenters. The monoisotopic (exact) mass is 407 g/mol. The normalized spacial score (nSPS) is 11.7. The zero-order valence-corrected chi connectivity index (χ0v) is 13.9. The molecular formula is C17H8F7NOS. The van der Waals surface area contributed by atoms with Crippen molar-refractivity contribution in [2.24, 2.45) is 0 Å². The number of benzene rings is 2. The predicted octanol–water partition coefficient (Wildman–Crippen LogP) is 5.96. The minimum atomic E-state index is -4.85. The van der Waals surface area contributed by atoms with Gasteiger partial charge < -0.3 is 4.74 Å². The third-order valence-electron chi connectivity index (χ3n) is 3.51. The highest BCUT2D eigenvalue weighted by atomic mass is 32.1. The van der Waals surface area contributed by atoms with Gasteiger partial charge in [-0.15, -0.1) is 0 Å². The van der Waals surface area contributed by atoms with Crippen LogP contribution in [0.3, 0.4) is 0 Å². The topological polar surface area (TPSA) is 22.1 Å². The first-order valence-corrected chi connectivity index (χ1v) is 8.03. The number of rotatable bonds is 4. The summed E-state index contributed by atoms with van der Waals surface area (Å²) in [4.78, 5) is -1.21. The van der Waals surface area contributed by atoms with Gasteiger partial charge in [0.25, 0.3) is 0 Å². The van der Waals surface area contributed by atoms with Gasteiger partial charge in [-0.1, -0.05) is 6.07 Å². The van der Waals surface area contributed by atoms with Crippen molar-refractivity contribution in [3.8, 4) is 17.0 Å². The van der Waals surface area contributed by atoms with Gasteiger partial charge in [-0.25, -0.2) is 17.6 Å². The Balaban J connectivity index is 2.05. The lowest BCUT2D eigenvalue weighted by Crippen LogP contribution is -2.09. The zero-order valence-electron chi connectivity index (χ0n) is 13.1. The van der Waals surface area contributed by atoms with E-state index in [2.05, 4.69) is 4.37 Å². The largest absolute Gasteiger partial charge is 0.483 e. The highest BCUT2D eigenvalue weighted by molar-refractivity contribution is 7.06. The van der Waals surface area contributed by atoms with Crippen LogP contribution in [0.2, 0.25) is 0 Å². The Morgan fingerprint density at radius 2 is 1.59 bits per heavy atom. The van der Waals surface area contributed by atoms with E-state index in [9.17, 15) is 30.7 Å². The number of halogens is 7. The minimum Gasteiger partial charge on any atom is -0.483 e. The molecule has 1 aromatic heterocycles. The van der Waals surface area contributed by atoms with E-state index < -0.39 is 63.5 Å². The molecule has 0 saturated carbocycles. The van der Waals surface area contributed by atoms with E-state index in [1.54, 1.807) is 0 Å². The summed E-state index contributed by atoms with van der Waals surface area (Å²) >= 11 is 0.0315. The van der Waals surface area contributed by atoms with Crippen LogP contribution in [0, 0.1) is 23.3 Å². The molecule has 3 aromatic rings. The Hall–Kier alpha value is -2.62. The Labute approximate surface area is 152 Å². The van der Waals surface area contributed by atoms with Crippen LogP contribution in [0.5, 0.6) is 5.75 Å². The Bertz CT molecular complexity index is 964. The van der Waals surface area contributed by atoms with Crippen molar-refractivity contribution in [3.05, 3.63) is 70.1 Å². The van der Waals surface area contributed by atoms with E-state index >= 15 is 0 Å². The van der Waals surface area contributed by atoms with E-state index in [4.69, 9.17) is 4.74 Å². The molecule has 3 rings (SSSR count). The van der Waals surface area contributed by atoms with Gasteiger partial charge in [0, 0.05) is 17.2 Å². The molecule has 2 nitrogen and oxygen atoms in total. The number of ether oxygens (including phenoxy) is 1. The average molecular weight is 407 g/mol. The van der Waals surface area contributed by atoms with Gasteiger partial charge in [-0.3, -0.25) is 0 Å². The third kappa shape index (κ3) is 3.90.